The first-order chi connectivity index (χ1) is 8.65. The minimum Gasteiger partial charge on any atom is -0.299 e. The molecule has 0 spiro atoms. The molecule has 18 heavy (non-hydrogen) atoms. The minimum atomic E-state index is -0.386. The van der Waals surface area contributed by atoms with Crippen molar-refractivity contribution in [3.8, 4) is 0 Å². The van der Waals surface area contributed by atoms with Gasteiger partial charge in [-0.05, 0) is 35.4 Å². The molecule has 0 N–H and O–H groups in total. The van der Waals surface area contributed by atoms with Crippen LogP contribution in [-0.4, -0.2) is 10.8 Å². The number of pyridine rings is 1. The number of aromatic nitrogens is 1. The first kappa shape index (κ1) is 12.7. The van der Waals surface area contributed by atoms with Gasteiger partial charge in [0.2, 0.25) is 0 Å². The topological polar surface area (TPSA) is 30.0 Å². The zero-order valence-corrected chi connectivity index (χ0v) is 10.3. The fraction of sp³-hybridized carbons (Fsp3) is 0.143. The molecule has 0 bridgehead atoms. The van der Waals surface area contributed by atoms with Crippen LogP contribution in [-0.2, 0) is 17.6 Å². The van der Waals surface area contributed by atoms with Gasteiger partial charge in [0, 0.05) is 30.3 Å². The number of ketones is 1. The molecule has 1 heterocycles. The van der Waals surface area contributed by atoms with Crippen molar-refractivity contribution < 1.29 is 9.18 Å². The predicted molar refractivity (Wildman–Crippen MR) is 68.1 cm³/mol. The number of carbonyl (C=O) groups is 1. The minimum absolute atomic E-state index is 0.0181. The van der Waals surface area contributed by atoms with Crippen molar-refractivity contribution >= 4 is 17.4 Å². The monoisotopic (exact) mass is 263 g/mol. The van der Waals surface area contributed by atoms with Crippen LogP contribution >= 0.6 is 11.6 Å². The number of benzene rings is 1. The smallest absolute Gasteiger partial charge is 0.141 e. The van der Waals surface area contributed by atoms with Gasteiger partial charge in [-0.25, -0.2) is 4.39 Å². The molecule has 0 atom stereocenters. The Hall–Kier alpha value is -1.74. The van der Waals surface area contributed by atoms with E-state index in [1.165, 1.54) is 18.2 Å². The molecular weight excluding hydrogens is 253 g/mol. The normalized spacial score (nSPS) is 10.3. The molecule has 1 aromatic heterocycles. The lowest BCUT2D eigenvalue weighted by atomic mass is 10.0. The molecule has 0 saturated heterocycles. The van der Waals surface area contributed by atoms with E-state index >= 15 is 0 Å². The highest BCUT2D eigenvalue weighted by Gasteiger charge is 2.09. The molecule has 0 aliphatic heterocycles. The van der Waals surface area contributed by atoms with Gasteiger partial charge >= 0.3 is 0 Å². The summed E-state index contributed by atoms with van der Waals surface area (Å²) in [4.78, 5) is 15.8. The number of hydrogen-bond donors (Lipinski definition) is 0. The van der Waals surface area contributed by atoms with E-state index in [2.05, 4.69) is 4.98 Å². The molecule has 1 aromatic carbocycles. The van der Waals surface area contributed by atoms with Crippen LogP contribution in [0.15, 0.2) is 42.7 Å². The van der Waals surface area contributed by atoms with Crippen molar-refractivity contribution in [2.45, 2.75) is 12.8 Å². The summed E-state index contributed by atoms with van der Waals surface area (Å²) in [5, 5.41) is 0.413. The maximum atomic E-state index is 13.0. The number of rotatable bonds is 4. The number of Topliss-reactive ketones (excluding diaryl/α,β-unsaturated/α-hetero) is 1. The fourth-order valence-corrected chi connectivity index (χ4v) is 1.87. The molecule has 0 aliphatic rings. The van der Waals surface area contributed by atoms with Crippen molar-refractivity contribution in [3.05, 3.63) is 64.7 Å². The number of carbonyl (C=O) groups excluding carboxylic acids is 1. The highest BCUT2D eigenvalue weighted by Crippen LogP contribution is 2.18. The summed E-state index contributed by atoms with van der Waals surface area (Å²) in [5.41, 5.74) is 1.36. The van der Waals surface area contributed by atoms with Crippen molar-refractivity contribution in [1.82, 2.24) is 4.98 Å². The van der Waals surface area contributed by atoms with Gasteiger partial charge in [0.05, 0.1) is 0 Å². The maximum Gasteiger partial charge on any atom is 0.141 e. The molecule has 0 unspecified atom stereocenters. The van der Waals surface area contributed by atoms with E-state index < -0.39 is 0 Å². The summed E-state index contributed by atoms with van der Waals surface area (Å²) in [6.45, 7) is 0. The molecule has 92 valence electrons. The predicted octanol–water partition coefficient (Wildman–Crippen LogP) is 3.23. The Morgan fingerprint density at radius 3 is 2.83 bits per heavy atom. The van der Waals surface area contributed by atoms with E-state index in [1.54, 1.807) is 18.5 Å². The van der Waals surface area contributed by atoms with Gasteiger partial charge in [-0.15, -0.1) is 0 Å². The largest absolute Gasteiger partial charge is 0.299 e. The van der Waals surface area contributed by atoms with E-state index in [0.717, 1.165) is 5.56 Å². The summed E-state index contributed by atoms with van der Waals surface area (Å²) in [5.74, 6) is -0.404. The second-order valence-corrected chi connectivity index (χ2v) is 4.40. The zero-order valence-electron chi connectivity index (χ0n) is 9.57. The number of nitrogens with zero attached hydrogens (tertiary/aromatic N) is 1. The van der Waals surface area contributed by atoms with Crippen LogP contribution in [0.25, 0.3) is 0 Å². The number of halogens is 2. The third kappa shape index (κ3) is 3.37. The highest BCUT2D eigenvalue weighted by molar-refractivity contribution is 6.31. The van der Waals surface area contributed by atoms with Gasteiger partial charge in [0.15, 0.2) is 0 Å². The van der Waals surface area contributed by atoms with Crippen molar-refractivity contribution in [2.24, 2.45) is 0 Å². The van der Waals surface area contributed by atoms with Crippen LogP contribution < -0.4 is 0 Å². The van der Waals surface area contributed by atoms with Gasteiger partial charge in [-0.2, -0.15) is 0 Å². The average Bonchev–Trinajstić information content (AvgIpc) is 2.35. The highest BCUT2D eigenvalue weighted by atomic mass is 35.5. The molecular formula is C14H11ClFNO. The molecule has 0 fully saturated rings. The first-order valence-electron chi connectivity index (χ1n) is 5.49. The summed E-state index contributed by atoms with van der Waals surface area (Å²) < 4.78 is 13.0. The van der Waals surface area contributed by atoms with Gasteiger partial charge in [0.1, 0.15) is 11.6 Å². The van der Waals surface area contributed by atoms with Crippen LogP contribution in [0.4, 0.5) is 4.39 Å². The Kier molecular flexibility index (Phi) is 4.05. The van der Waals surface area contributed by atoms with E-state index in [9.17, 15) is 9.18 Å². The van der Waals surface area contributed by atoms with Gasteiger partial charge in [-0.3, -0.25) is 9.78 Å². The Labute approximate surface area is 109 Å². The zero-order chi connectivity index (χ0) is 13.0. The Morgan fingerprint density at radius 1 is 1.28 bits per heavy atom. The molecule has 4 heteroatoms. The Balaban J connectivity index is 2.05. The van der Waals surface area contributed by atoms with E-state index in [4.69, 9.17) is 11.6 Å². The van der Waals surface area contributed by atoms with Gasteiger partial charge in [0.25, 0.3) is 0 Å². The molecule has 0 radical (unpaired) electrons. The molecule has 0 saturated carbocycles. The van der Waals surface area contributed by atoms with Crippen molar-refractivity contribution in [2.75, 3.05) is 0 Å². The quantitative estimate of drug-likeness (QED) is 0.848. The molecule has 2 aromatic rings. The molecule has 0 aliphatic carbocycles. The van der Waals surface area contributed by atoms with Crippen molar-refractivity contribution in [1.29, 1.82) is 0 Å². The van der Waals surface area contributed by atoms with E-state index in [0.29, 0.717) is 10.6 Å². The van der Waals surface area contributed by atoms with Gasteiger partial charge < -0.3 is 0 Å². The second kappa shape index (κ2) is 5.74. The molecule has 0 amide bonds. The second-order valence-electron chi connectivity index (χ2n) is 3.99. The third-order valence-corrected chi connectivity index (χ3v) is 2.89. The van der Waals surface area contributed by atoms with Crippen LogP contribution in [0.5, 0.6) is 0 Å². The van der Waals surface area contributed by atoms with Gasteiger partial charge in [-0.1, -0.05) is 17.7 Å². The standard InChI is InChI=1S/C14H11ClFNO/c15-14-4-3-12(16)7-11(14)8-13(18)6-10-2-1-5-17-9-10/h1-5,7,9H,6,8H2. The molecule has 2 rings (SSSR count). The lowest BCUT2D eigenvalue weighted by molar-refractivity contribution is -0.117. The first-order valence-corrected chi connectivity index (χ1v) is 5.87. The van der Waals surface area contributed by atoms with Crippen LogP contribution in [0.3, 0.4) is 0 Å². The lowest BCUT2D eigenvalue weighted by Gasteiger charge is -2.04. The SMILES string of the molecule is O=C(Cc1cccnc1)Cc1cc(F)ccc1Cl. The lowest BCUT2D eigenvalue weighted by Crippen LogP contribution is -2.07. The third-order valence-electron chi connectivity index (χ3n) is 2.52. The summed E-state index contributed by atoms with van der Waals surface area (Å²) in [6, 6.07) is 7.64. The van der Waals surface area contributed by atoms with Crippen molar-refractivity contribution in [3.63, 3.8) is 0 Å². The van der Waals surface area contributed by atoms with E-state index in [1.807, 2.05) is 6.07 Å². The maximum absolute atomic E-state index is 13.0. The molecule has 2 nitrogen and oxygen atoms in total. The fourth-order valence-electron chi connectivity index (χ4n) is 1.68. The average molecular weight is 264 g/mol. The van der Waals surface area contributed by atoms with Crippen LogP contribution in [0, 0.1) is 5.82 Å². The number of hydrogen-bond acceptors (Lipinski definition) is 2. The van der Waals surface area contributed by atoms with Crippen LogP contribution in [0.2, 0.25) is 5.02 Å². The summed E-state index contributed by atoms with van der Waals surface area (Å²) >= 11 is 5.91. The van der Waals surface area contributed by atoms with E-state index in [-0.39, 0.29) is 24.4 Å². The van der Waals surface area contributed by atoms with Crippen LogP contribution in [0.1, 0.15) is 11.1 Å². The Bertz CT molecular complexity index is 557. The summed E-state index contributed by atoms with van der Waals surface area (Å²) in [7, 11) is 0. The Morgan fingerprint density at radius 2 is 2.11 bits per heavy atom. The summed E-state index contributed by atoms with van der Waals surface area (Å²) in [6.07, 6.45) is 3.70.